The minimum Gasteiger partial charge on any atom is -0.332 e. The van der Waals surface area contributed by atoms with Gasteiger partial charge in [-0.3, -0.25) is 0 Å². The Morgan fingerprint density at radius 1 is 1.07 bits per heavy atom. The van der Waals surface area contributed by atoms with Crippen LogP contribution in [0.1, 0.15) is 32.3 Å². The molecule has 7 heteroatoms. The van der Waals surface area contributed by atoms with E-state index in [1.54, 1.807) is 28.6 Å². The highest BCUT2D eigenvalue weighted by molar-refractivity contribution is 7.89. The molecule has 2 aromatic carbocycles. The fraction of sp³-hybridized carbons (Fsp3) is 0.381. The van der Waals surface area contributed by atoms with E-state index < -0.39 is 10.0 Å². The Hall–Kier alpha value is -1.96. The lowest BCUT2D eigenvalue weighted by Crippen LogP contribution is -2.37. The van der Waals surface area contributed by atoms with Crippen LogP contribution in [0.4, 0.5) is 11.4 Å². The summed E-state index contributed by atoms with van der Waals surface area (Å²) < 4.78 is 27.2. The van der Waals surface area contributed by atoms with Gasteiger partial charge in [0.2, 0.25) is 10.0 Å². The quantitative estimate of drug-likeness (QED) is 0.703. The molecule has 3 rings (SSSR count). The van der Waals surface area contributed by atoms with Gasteiger partial charge in [0.15, 0.2) is 5.11 Å². The smallest absolute Gasteiger partial charge is 0.243 e. The summed E-state index contributed by atoms with van der Waals surface area (Å²) in [5.74, 6) is 0.587. The van der Waals surface area contributed by atoms with E-state index in [-0.39, 0.29) is 0 Å². The van der Waals surface area contributed by atoms with Crippen LogP contribution in [0.3, 0.4) is 0 Å². The highest BCUT2D eigenvalue weighted by Gasteiger charge is 2.27. The zero-order chi connectivity index (χ0) is 20.1. The van der Waals surface area contributed by atoms with Gasteiger partial charge in [0.25, 0.3) is 0 Å². The molecule has 0 bridgehead atoms. The minimum atomic E-state index is -3.43. The summed E-state index contributed by atoms with van der Waals surface area (Å²) in [7, 11) is -3.43. The predicted molar refractivity (Wildman–Crippen MR) is 119 cm³/mol. The van der Waals surface area contributed by atoms with Crippen molar-refractivity contribution in [1.29, 1.82) is 0 Å². The fourth-order valence-corrected chi connectivity index (χ4v) is 5.02. The molecule has 0 saturated carbocycles. The summed E-state index contributed by atoms with van der Waals surface area (Å²) in [6.45, 7) is 5.45. The van der Waals surface area contributed by atoms with Crippen molar-refractivity contribution < 1.29 is 8.42 Å². The number of nitrogens with zero attached hydrogens (tertiary/aromatic N) is 1. The molecule has 1 aliphatic rings. The summed E-state index contributed by atoms with van der Waals surface area (Å²) in [4.78, 5) is 0.322. The highest BCUT2D eigenvalue weighted by Crippen LogP contribution is 2.24. The van der Waals surface area contributed by atoms with Crippen molar-refractivity contribution in [2.45, 2.75) is 38.0 Å². The summed E-state index contributed by atoms with van der Waals surface area (Å²) in [6, 6.07) is 14.8. The zero-order valence-electron chi connectivity index (χ0n) is 16.3. The molecule has 2 N–H and O–H groups in total. The van der Waals surface area contributed by atoms with E-state index in [9.17, 15) is 8.42 Å². The van der Waals surface area contributed by atoms with Gasteiger partial charge in [-0.25, -0.2) is 8.42 Å². The van der Waals surface area contributed by atoms with Crippen molar-refractivity contribution in [3.05, 3.63) is 54.1 Å². The lowest BCUT2D eigenvalue weighted by atomic mass is 10.0. The number of nitrogens with one attached hydrogen (secondary N) is 2. The number of aryl methyl sites for hydroxylation is 1. The first-order chi connectivity index (χ1) is 13.4. The molecule has 1 aliphatic heterocycles. The Labute approximate surface area is 173 Å². The second-order valence-electron chi connectivity index (χ2n) is 7.20. The number of rotatable bonds is 5. The number of thiocarbonyl (C=S) groups is 1. The minimum absolute atomic E-state index is 0.322. The average molecular weight is 418 g/mol. The van der Waals surface area contributed by atoms with E-state index >= 15 is 0 Å². The summed E-state index contributed by atoms with van der Waals surface area (Å²) in [5.41, 5.74) is 2.91. The van der Waals surface area contributed by atoms with Gasteiger partial charge >= 0.3 is 0 Å². The Balaban J connectivity index is 1.65. The van der Waals surface area contributed by atoms with Crippen molar-refractivity contribution in [2.75, 3.05) is 23.7 Å². The van der Waals surface area contributed by atoms with Crippen LogP contribution in [0.15, 0.2) is 53.4 Å². The molecule has 1 fully saturated rings. The number of hydrogen-bond donors (Lipinski definition) is 2. The lowest BCUT2D eigenvalue weighted by Gasteiger charge is -2.29. The maximum absolute atomic E-state index is 12.8. The second kappa shape index (κ2) is 9.03. The molecule has 0 aromatic heterocycles. The van der Waals surface area contributed by atoms with E-state index in [4.69, 9.17) is 12.2 Å². The first kappa shape index (κ1) is 20.8. The van der Waals surface area contributed by atoms with Gasteiger partial charge in [-0.15, -0.1) is 0 Å². The van der Waals surface area contributed by atoms with Crippen molar-refractivity contribution in [3.8, 4) is 0 Å². The molecule has 1 heterocycles. The Bertz CT molecular complexity index is 919. The van der Waals surface area contributed by atoms with Gasteiger partial charge in [0.05, 0.1) is 4.90 Å². The molecule has 0 atom stereocenters. The van der Waals surface area contributed by atoms with Gasteiger partial charge in [-0.2, -0.15) is 4.31 Å². The largest absolute Gasteiger partial charge is 0.332 e. The number of para-hydroxylation sites is 1. The van der Waals surface area contributed by atoms with Crippen molar-refractivity contribution >= 4 is 38.7 Å². The molecule has 28 heavy (non-hydrogen) atoms. The summed E-state index contributed by atoms with van der Waals surface area (Å²) in [5, 5.41) is 6.80. The third-order valence-corrected chi connectivity index (χ3v) is 7.26. The Morgan fingerprint density at radius 2 is 1.71 bits per heavy atom. The first-order valence-corrected chi connectivity index (χ1v) is 11.5. The van der Waals surface area contributed by atoms with Crippen LogP contribution < -0.4 is 10.6 Å². The van der Waals surface area contributed by atoms with Gasteiger partial charge in [0.1, 0.15) is 0 Å². The number of benzene rings is 2. The molecule has 0 radical (unpaired) electrons. The molecule has 5 nitrogen and oxygen atoms in total. The normalized spacial score (nSPS) is 15.9. The van der Waals surface area contributed by atoms with Crippen LogP contribution in [0.25, 0.3) is 0 Å². The number of piperidine rings is 1. The zero-order valence-corrected chi connectivity index (χ0v) is 17.9. The Morgan fingerprint density at radius 3 is 2.36 bits per heavy atom. The molecule has 0 aliphatic carbocycles. The third kappa shape index (κ3) is 4.90. The number of hydrogen-bond acceptors (Lipinski definition) is 3. The van der Waals surface area contributed by atoms with Crippen molar-refractivity contribution in [1.82, 2.24) is 4.31 Å². The molecule has 0 spiro atoms. The number of sulfonamides is 1. The average Bonchev–Trinajstić information content (AvgIpc) is 2.69. The fourth-order valence-electron chi connectivity index (χ4n) is 3.32. The number of anilines is 2. The summed E-state index contributed by atoms with van der Waals surface area (Å²) >= 11 is 5.40. The van der Waals surface area contributed by atoms with Gasteiger partial charge < -0.3 is 10.6 Å². The molecule has 0 unspecified atom stereocenters. The SMILES string of the molecule is CCc1ccccc1NC(=S)Nc1ccc(S(=O)(=O)N2CCC(C)CC2)cc1. The highest BCUT2D eigenvalue weighted by atomic mass is 32.2. The van der Waals surface area contributed by atoms with Crippen LogP contribution in [-0.4, -0.2) is 30.9 Å². The van der Waals surface area contributed by atoms with E-state index in [1.807, 2.05) is 18.2 Å². The van der Waals surface area contributed by atoms with Crippen LogP contribution in [0.2, 0.25) is 0 Å². The van der Waals surface area contributed by atoms with E-state index in [0.717, 1.165) is 30.6 Å². The van der Waals surface area contributed by atoms with Crippen LogP contribution in [-0.2, 0) is 16.4 Å². The second-order valence-corrected chi connectivity index (χ2v) is 9.55. The van der Waals surface area contributed by atoms with Crippen LogP contribution in [0, 0.1) is 5.92 Å². The monoisotopic (exact) mass is 417 g/mol. The van der Waals surface area contributed by atoms with Gasteiger partial charge in [0, 0.05) is 24.5 Å². The van der Waals surface area contributed by atoms with E-state index in [2.05, 4.69) is 30.5 Å². The molecule has 1 saturated heterocycles. The molecular weight excluding hydrogens is 390 g/mol. The van der Waals surface area contributed by atoms with Crippen molar-refractivity contribution in [3.63, 3.8) is 0 Å². The molecule has 0 amide bonds. The first-order valence-electron chi connectivity index (χ1n) is 9.66. The maximum atomic E-state index is 12.8. The topological polar surface area (TPSA) is 61.4 Å². The van der Waals surface area contributed by atoms with Crippen LogP contribution >= 0.6 is 12.2 Å². The standard InChI is InChI=1S/C21H27N3O2S2/c1-3-17-6-4-5-7-20(17)23-21(27)22-18-8-10-19(11-9-18)28(25,26)24-14-12-16(2)13-15-24/h4-11,16H,3,12-15H2,1-2H3,(H2,22,23,27). The molecule has 2 aromatic rings. The predicted octanol–water partition coefficient (Wildman–Crippen LogP) is 4.48. The van der Waals surface area contributed by atoms with Gasteiger partial charge in [-0.05, 0) is 73.3 Å². The third-order valence-electron chi connectivity index (χ3n) is 5.14. The van der Waals surface area contributed by atoms with Crippen molar-refractivity contribution in [2.24, 2.45) is 5.92 Å². The molecule has 150 valence electrons. The van der Waals surface area contributed by atoms with E-state index in [1.165, 1.54) is 5.56 Å². The lowest BCUT2D eigenvalue weighted by molar-refractivity contribution is 0.288. The van der Waals surface area contributed by atoms with E-state index in [0.29, 0.717) is 29.0 Å². The van der Waals surface area contributed by atoms with Gasteiger partial charge in [-0.1, -0.05) is 32.0 Å². The maximum Gasteiger partial charge on any atom is 0.243 e. The summed E-state index contributed by atoms with van der Waals surface area (Å²) in [6.07, 6.45) is 2.74. The van der Waals surface area contributed by atoms with Crippen LogP contribution in [0.5, 0.6) is 0 Å². The molecular formula is C21H27N3O2S2. The Kier molecular flexibility index (Phi) is 6.69.